The second kappa shape index (κ2) is 5.01. The highest BCUT2D eigenvalue weighted by molar-refractivity contribution is 5.75. The van der Waals surface area contributed by atoms with E-state index in [0.717, 1.165) is 5.82 Å². The fourth-order valence-electron chi connectivity index (χ4n) is 1.69. The molecule has 1 aromatic heterocycles. The highest BCUT2D eigenvalue weighted by Gasteiger charge is 2.17. The molecule has 88 valence electrons. The molecular weight excluding hydrogens is 204 g/mol. The van der Waals surface area contributed by atoms with E-state index >= 15 is 0 Å². The molecule has 0 radical (unpaired) electrons. The van der Waals surface area contributed by atoms with Gasteiger partial charge in [-0.1, -0.05) is 0 Å². The molecule has 2 rings (SSSR count). The normalized spacial score (nSPS) is 15.6. The molecule has 1 heterocycles. The van der Waals surface area contributed by atoms with Crippen LogP contribution in [0.4, 0.5) is 5.82 Å². The number of carbonyl (C=O) groups is 1. The minimum atomic E-state index is 0.000735. The van der Waals surface area contributed by atoms with Crippen molar-refractivity contribution >= 4 is 11.7 Å². The first-order valence-electron chi connectivity index (χ1n) is 5.84. The molecule has 0 aliphatic heterocycles. The average Bonchev–Trinajstić information content (AvgIpc) is 2.60. The van der Waals surface area contributed by atoms with Crippen molar-refractivity contribution in [3.05, 3.63) is 12.3 Å². The van der Waals surface area contributed by atoms with E-state index in [1.54, 1.807) is 4.68 Å². The molecule has 1 fully saturated rings. The van der Waals surface area contributed by atoms with Gasteiger partial charge >= 0.3 is 0 Å². The minimum absolute atomic E-state index is 0.000735. The molecule has 5 nitrogen and oxygen atoms in total. The van der Waals surface area contributed by atoms with Crippen molar-refractivity contribution in [1.82, 2.24) is 15.1 Å². The van der Waals surface area contributed by atoms with Crippen LogP contribution in [0, 0.1) is 0 Å². The summed E-state index contributed by atoms with van der Waals surface area (Å²) in [6.45, 7) is 2.86. The van der Waals surface area contributed by atoms with E-state index in [4.69, 9.17) is 0 Å². The summed E-state index contributed by atoms with van der Waals surface area (Å²) in [6.07, 6.45) is 5.58. The molecule has 16 heavy (non-hydrogen) atoms. The Kier molecular flexibility index (Phi) is 3.44. The summed E-state index contributed by atoms with van der Waals surface area (Å²) in [5, 5.41) is 10.4. The van der Waals surface area contributed by atoms with E-state index in [-0.39, 0.29) is 5.91 Å². The van der Waals surface area contributed by atoms with Crippen molar-refractivity contribution < 1.29 is 4.79 Å². The Morgan fingerprint density at radius 1 is 1.62 bits per heavy atom. The minimum Gasteiger partial charge on any atom is -0.366 e. The van der Waals surface area contributed by atoms with Crippen molar-refractivity contribution in [2.75, 3.05) is 11.9 Å². The molecule has 0 unspecified atom stereocenters. The first-order valence-corrected chi connectivity index (χ1v) is 5.84. The third-order valence-corrected chi connectivity index (χ3v) is 2.78. The molecule has 1 saturated carbocycles. The standard InChI is InChI=1S/C11H18N4O/c1-2-12-11(16)8-15-7-6-10(14-15)13-9-4-3-5-9/h6-7,9H,2-5,8H2,1H3,(H,12,16)(H,13,14). The molecule has 2 N–H and O–H groups in total. The van der Waals surface area contributed by atoms with Gasteiger partial charge in [0.05, 0.1) is 0 Å². The number of aromatic nitrogens is 2. The maximum Gasteiger partial charge on any atom is 0.241 e. The summed E-state index contributed by atoms with van der Waals surface area (Å²) in [6, 6.07) is 2.49. The topological polar surface area (TPSA) is 59.0 Å². The smallest absolute Gasteiger partial charge is 0.241 e. The SMILES string of the molecule is CCNC(=O)Cn1ccc(NC2CCC2)n1. The van der Waals surface area contributed by atoms with Gasteiger partial charge in [0.15, 0.2) is 0 Å². The molecule has 5 heteroatoms. The van der Waals surface area contributed by atoms with Gasteiger partial charge in [-0.3, -0.25) is 9.48 Å². The summed E-state index contributed by atoms with van der Waals surface area (Å²) in [5.74, 6) is 0.870. The second-order valence-electron chi connectivity index (χ2n) is 4.12. The maximum atomic E-state index is 11.3. The summed E-state index contributed by atoms with van der Waals surface area (Å²) in [7, 11) is 0. The lowest BCUT2D eigenvalue weighted by Gasteiger charge is -2.26. The van der Waals surface area contributed by atoms with Gasteiger partial charge < -0.3 is 10.6 Å². The van der Waals surface area contributed by atoms with Crippen LogP contribution in [0.1, 0.15) is 26.2 Å². The van der Waals surface area contributed by atoms with Gasteiger partial charge in [-0.2, -0.15) is 5.10 Å². The average molecular weight is 222 g/mol. The van der Waals surface area contributed by atoms with E-state index in [1.807, 2.05) is 19.2 Å². The number of amides is 1. The fourth-order valence-corrected chi connectivity index (χ4v) is 1.69. The quantitative estimate of drug-likeness (QED) is 0.781. The maximum absolute atomic E-state index is 11.3. The van der Waals surface area contributed by atoms with E-state index < -0.39 is 0 Å². The van der Waals surface area contributed by atoms with Gasteiger partial charge in [-0.05, 0) is 26.2 Å². The highest BCUT2D eigenvalue weighted by Crippen LogP contribution is 2.21. The molecule has 0 aromatic carbocycles. The highest BCUT2D eigenvalue weighted by atomic mass is 16.2. The molecule has 0 bridgehead atoms. The summed E-state index contributed by atoms with van der Waals surface area (Å²) < 4.78 is 1.66. The van der Waals surface area contributed by atoms with Crippen LogP contribution in [0.25, 0.3) is 0 Å². The Morgan fingerprint density at radius 2 is 2.44 bits per heavy atom. The molecule has 1 aliphatic carbocycles. The Labute approximate surface area is 95.2 Å². The number of hydrogen-bond donors (Lipinski definition) is 2. The lowest BCUT2D eigenvalue weighted by atomic mass is 9.93. The molecule has 1 aliphatic rings. The number of nitrogens with zero attached hydrogens (tertiary/aromatic N) is 2. The van der Waals surface area contributed by atoms with E-state index in [9.17, 15) is 4.79 Å². The van der Waals surface area contributed by atoms with Crippen LogP contribution in [0.3, 0.4) is 0 Å². The fraction of sp³-hybridized carbons (Fsp3) is 0.636. The molecule has 0 atom stereocenters. The number of carbonyl (C=O) groups excluding carboxylic acids is 1. The number of hydrogen-bond acceptors (Lipinski definition) is 3. The first-order chi connectivity index (χ1) is 7.78. The van der Waals surface area contributed by atoms with Crippen LogP contribution in [-0.2, 0) is 11.3 Å². The van der Waals surface area contributed by atoms with Crippen LogP contribution in [0.5, 0.6) is 0 Å². The van der Waals surface area contributed by atoms with Gasteiger partial charge in [0, 0.05) is 24.8 Å². The summed E-state index contributed by atoms with van der Waals surface area (Å²) >= 11 is 0. The Balaban J connectivity index is 1.83. The molecule has 0 spiro atoms. The van der Waals surface area contributed by atoms with Crippen LogP contribution in [0.2, 0.25) is 0 Å². The third-order valence-electron chi connectivity index (χ3n) is 2.78. The van der Waals surface area contributed by atoms with Crippen LogP contribution >= 0.6 is 0 Å². The van der Waals surface area contributed by atoms with Gasteiger partial charge in [0.25, 0.3) is 0 Å². The van der Waals surface area contributed by atoms with E-state index in [1.165, 1.54) is 19.3 Å². The van der Waals surface area contributed by atoms with Crippen molar-refractivity contribution in [3.63, 3.8) is 0 Å². The Morgan fingerprint density at radius 3 is 3.06 bits per heavy atom. The largest absolute Gasteiger partial charge is 0.366 e. The molecule has 0 saturated heterocycles. The van der Waals surface area contributed by atoms with Crippen molar-refractivity contribution in [2.45, 2.75) is 38.8 Å². The molecule has 1 aromatic rings. The summed E-state index contributed by atoms with van der Waals surface area (Å²) in [5.41, 5.74) is 0. The van der Waals surface area contributed by atoms with Crippen LogP contribution in [0.15, 0.2) is 12.3 Å². The second-order valence-corrected chi connectivity index (χ2v) is 4.12. The lowest BCUT2D eigenvalue weighted by molar-refractivity contribution is -0.121. The zero-order chi connectivity index (χ0) is 11.4. The van der Waals surface area contributed by atoms with Crippen molar-refractivity contribution in [3.8, 4) is 0 Å². The van der Waals surface area contributed by atoms with E-state index in [2.05, 4.69) is 15.7 Å². The Bertz CT molecular complexity index is 357. The van der Waals surface area contributed by atoms with Crippen LogP contribution in [-0.4, -0.2) is 28.3 Å². The predicted octanol–water partition coefficient (Wildman–Crippen LogP) is 0.984. The summed E-state index contributed by atoms with van der Waals surface area (Å²) in [4.78, 5) is 11.3. The van der Waals surface area contributed by atoms with Gasteiger partial charge in [0.1, 0.15) is 12.4 Å². The number of nitrogens with one attached hydrogen (secondary N) is 2. The first kappa shape index (κ1) is 11.0. The van der Waals surface area contributed by atoms with E-state index in [0.29, 0.717) is 19.1 Å². The van der Waals surface area contributed by atoms with Gasteiger partial charge in [0.2, 0.25) is 5.91 Å². The van der Waals surface area contributed by atoms with Crippen molar-refractivity contribution in [1.29, 1.82) is 0 Å². The number of anilines is 1. The molecular formula is C11H18N4O. The Hall–Kier alpha value is -1.52. The number of likely N-dealkylation sites (N-methyl/N-ethyl adjacent to an activating group) is 1. The monoisotopic (exact) mass is 222 g/mol. The van der Waals surface area contributed by atoms with Gasteiger partial charge in [-0.15, -0.1) is 0 Å². The lowest BCUT2D eigenvalue weighted by Crippen LogP contribution is -2.28. The zero-order valence-corrected chi connectivity index (χ0v) is 9.57. The van der Waals surface area contributed by atoms with Crippen LogP contribution < -0.4 is 10.6 Å². The van der Waals surface area contributed by atoms with Crippen molar-refractivity contribution in [2.24, 2.45) is 0 Å². The zero-order valence-electron chi connectivity index (χ0n) is 9.57. The predicted molar refractivity (Wildman–Crippen MR) is 62.2 cm³/mol. The van der Waals surface area contributed by atoms with Gasteiger partial charge in [-0.25, -0.2) is 0 Å². The molecule has 1 amide bonds. The third kappa shape index (κ3) is 2.74. The number of rotatable bonds is 5.